The zero-order valence-electron chi connectivity index (χ0n) is 21.6. The van der Waals surface area contributed by atoms with Gasteiger partial charge in [0.25, 0.3) is 11.1 Å². The van der Waals surface area contributed by atoms with Gasteiger partial charge in [0.1, 0.15) is 30.5 Å². The number of nitrogens with zero attached hydrogens (tertiary/aromatic N) is 1. The van der Waals surface area contributed by atoms with E-state index in [1.807, 2.05) is 37.3 Å². The molecule has 4 aromatic carbocycles. The Kier molecular flexibility index (Phi) is 8.12. The zero-order chi connectivity index (χ0) is 28.1. The molecule has 1 saturated heterocycles. The summed E-state index contributed by atoms with van der Waals surface area (Å²) in [6.07, 6.45) is 1.62. The van der Waals surface area contributed by atoms with Crippen LogP contribution in [-0.2, 0) is 16.2 Å². The highest BCUT2D eigenvalue weighted by Gasteiger charge is 2.36. The van der Waals surface area contributed by atoms with E-state index < -0.39 is 23.6 Å². The fourth-order valence-electron chi connectivity index (χ4n) is 4.20. The van der Waals surface area contributed by atoms with Crippen LogP contribution in [0.1, 0.15) is 18.1 Å². The van der Waals surface area contributed by atoms with E-state index in [0.717, 1.165) is 33.0 Å². The first-order chi connectivity index (χ1) is 19.4. The van der Waals surface area contributed by atoms with Gasteiger partial charge in [-0.3, -0.25) is 19.3 Å². The maximum Gasteiger partial charge on any atom is 0.294 e. The molecule has 0 aliphatic carbocycles. The summed E-state index contributed by atoms with van der Waals surface area (Å²) in [4.78, 5) is 39.7. The molecule has 0 unspecified atom stereocenters. The first-order valence-corrected chi connectivity index (χ1v) is 13.4. The summed E-state index contributed by atoms with van der Waals surface area (Å²) in [7, 11) is 0. The van der Waals surface area contributed by atoms with E-state index >= 15 is 0 Å². The molecule has 3 amide bonds. The Labute approximate surface area is 234 Å². The minimum atomic E-state index is -0.561. The maximum absolute atomic E-state index is 13.3. The van der Waals surface area contributed by atoms with Crippen molar-refractivity contribution in [3.8, 4) is 11.5 Å². The van der Waals surface area contributed by atoms with Gasteiger partial charge in [0, 0.05) is 11.3 Å². The highest BCUT2D eigenvalue weighted by Crippen LogP contribution is 2.37. The molecule has 1 heterocycles. The molecule has 5 rings (SSSR count). The van der Waals surface area contributed by atoms with E-state index in [1.54, 1.807) is 48.5 Å². The smallest absolute Gasteiger partial charge is 0.294 e. The number of nitrogens with one attached hydrogen (secondary N) is 1. The molecule has 1 aliphatic heterocycles. The van der Waals surface area contributed by atoms with Crippen LogP contribution in [0.3, 0.4) is 0 Å². The van der Waals surface area contributed by atoms with Crippen LogP contribution in [0.4, 0.5) is 14.9 Å². The number of carbonyl (C=O) groups excluding carboxylic acids is 3. The van der Waals surface area contributed by atoms with Crippen molar-refractivity contribution < 1.29 is 28.2 Å². The third kappa shape index (κ3) is 6.16. The molecule has 0 radical (unpaired) electrons. The number of hydrogen-bond donors (Lipinski definition) is 1. The number of amides is 3. The number of hydrogen-bond acceptors (Lipinski definition) is 6. The molecule has 1 N–H and O–H groups in total. The summed E-state index contributed by atoms with van der Waals surface area (Å²) in [5.74, 6) is -0.219. The van der Waals surface area contributed by atoms with Crippen LogP contribution in [0.5, 0.6) is 11.5 Å². The summed E-state index contributed by atoms with van der Waals surface area (Å²) in [5, 5.41) is 3.93. The summed E-state index contributed by atoms with van der Waals surface area (Å²) >= 11 is 0.770. The number of thioether (sulfide) groups is 1. The largest absolute Gasteiger partial charge is 0.494 e. The van der Waals surface area contributed by atoms with Crippen LogP contribution < -0.4 is 14.8 Å². The predicted octanol–water partition coefficient (Wildman–Crippen LogP) is 6.63. The number of halogens is 1. The molecule has 4 aromatic rings. The number of anilines is 1. The van der Waals surface area contributed by atoms with Crippen molar-refractivity contribution in [1.29, 1.82) is 0 Å². The highest BCUT2D eigenvalue weighted by atomic mass is 32.2. The van der Waals surface area contributed by atoms with Gasteiger partial charge in [-0.25, -0.2) is 4.39 Å². The number of carbonyl (C=O) groups is 3. The quantitative estimate of drug-likeness (QED) is 0.233. The number of imide groups is 1. The lowest BCUT2D eigenvalue weighted by Crippen LogP contribution is -2.36. The number of benzene rings is 4. The number of fused-ring (bicyclic) bond motifs is 1. The fraction of sp³-hybridized carbons (Fsp3) is 0.129. The summed E-state index contributed by atoms with van der Waals surface area (Å²) < 4.78 is 24.8. The molecular formula is C31H25FN2O5S. The Balaban J connectivity index is 1.35. The number of ether oxygens (including phenoxy) is 2. The average molecular weight is 557 g/mol. The van der Waals surface area contributed by atoms with Gasteiger partial charge in [0.15, 0.2) is 0 Å². The second-order valence-corrected chi connectivity index (χ2v) is 9.88. The minimum Gasteiger partial charge on any atom is -0.494 e. The van der Waals surface area contributed by atoms with E-state index in [0.29, 0.717) is 29.4 Å². The van der Waals surface area contributed by atoms with E-state index in [4.69, 9.17) is 9.47 Å². The van der Waals surface area contributed by atoms with Gasteiger partial charge >= 0.3 is 0 Å². The molecule has 40 heavy (non-hydrogen) atoms. The fourth-order valence-corrected chi connectivity index (χ4v) is 5.02. The van der Waals surface area contributed by atoms with Gasteiger partial charge in [-0.05, 0) is 83.6 Å². The van der Waals surface area contributed by atoms with E-state index in [1.165, 1.54) is 12.1 Å². The highest BCUT2D eigenvalue weighted by molar-refractivity contribution is 8.18. The van der Waals surface area contributed by atoms with Crippen molar-refractivity contribution in [2.24, 2.45) is 0 Å². The van der Waals surface area contributed by atoms with Gasteiger partial charge in [0.05, 0.1) is 11.5 Å². The molecule has 0 atom stereocenters. The van der Waals surface area contributed by atoms with E-state index in [2.05, 4.69) is 5.32 Å². The third-order valence-electron chi connectivity index (χ3n) is 6.14. The first-order valence-electron chi connectivity index (χ1n) is 12.6. The molecule has 0 bridgehead atoms. The van der Waals surface area contributed by atoms with Crippen LogP contribution in [0.25, 0.3) is 16.8 Å². The van der Waals surface area contributed by atoms with Crippen LogP contribution in [0, 0.1) is 5.82 Å². The first kappa shape index (κ1) is 27.0. The summed E-state index contributed by atoms with van der Waals surface area (Å²) in [6, 6.07) is 24.1. The van der Waals surface area contributed by atoms with Gasteiger partial charge < -0.3 is 14.8 Å². The Morgan fingerprint density at radius 3 is 2.45 bits per heavy atom. The van der Waals surface area contributed by atoms with Crippen LogP contribution in [-0.4, -0.2) is 35.1 Å². The van der Waals surface area contributed by atoms with Gasteiger partial charge in [-0.2, -0.15) is 0 Å². The molecule has 7 nitrogen and oxygen atoms in total. The molecule has 1 fully saturated rings. The molecule has 0 saturated carbocycles. The molecule has 202 valence electrons. The van der Waals surface area contributed by atoms with Gasteiger partial charge in [0.2, 0.25) is 5.91 Å². The van der Waals surface area contributed by atoms with Crippen molar-refractivity contribution in [2.75, 3.05) is 18.5 Å². The topological polar surface area (TPSA) is 84.9 Å². The number of rotatable bonds is 9. The van der Waals surface area contributed by atoms with Gasteiger partial charge in [-0.15, -0.1) is 0 Å². The van der Waals surface area contributed by atoms with E-state index in [-0.39, 0.29) is 17.3 Å². The lowest BCUT2D eigenvalue weighted by Gasteiger charge is -2.14. The molecular weight excluding hydrogens is 531 g/mol. The lowest BCUT2D eigenvalue weighted by atomic mass is 10.0. The average Bonchev–Trinajstić information content (AvgIpc) is 3.22. The van der Waals surface area contributed by atoms with Crippen molar-refractivity contribution >= 4 is 51.4 Å². The van der Waals surface area contributed by atoms with Crippen LogP contribution in [0.15, 0.2) is 89.8 Å². The van der Waals surface area contributed by atoms with Crippen LogP contribution >= 0.6 is 11.8 Å². The molecule has 0 aromatic heterocycles. The second kappa shape index (κ2) is 12.0. The minimum absolute atomic E-state index is 0.182. The standard InChI is InChI=1S/C31H25FN2O5S/c1-2-38-24-14-12-23(13-15-24)33-29(35)18-34-30(36)28(40-31(34)37)17-26-25-6-4-3-5-21(25)9-16-27(26)39-19-20-7-10-22(32)11-8-20/h3-17H,2,18-19H2,1H3,(H,33,35)/b28-17+. The van der Waals surface area contributed by atoms with Crippen molar-refractivity contribution in [3.05, 3.63) is 107 Å². The Morgan fingerprint density at radius 1 is 0.950 bits per heavy atom. The third-order valence-corrected chi connectivity index (χ3v) is 7.05. The molecule has 0 spiro atoms. The second-order valence-electron chi connectivity index (χ2n) is 8.89. The Bertz CT molecular complexity index is 1600. The van der Waals surface area contributed by atoms with Crippen molar-refractivity contribution in [3.63, 3.8) is 0 Å². The summed E-state index contributed by atoms with van der Waals surface area (Å²) in [5.41, 5.74) is 1.93. The monoisotopic (exact) mass is 556 g/mol. The Hall–Kier alpha value is -4.63. The normalized spacial score (nSPS) is 14.2. The van der Waals surface area contributed by atoms with E-state index in [9.17, 15) is 18.8 Å². The van der Waals surface area contributed by atoms with Crippen LogP contribution in [0.2, 0.25) is 0 Å². The Morgan fingerprint density at radius 2 is 1.70 bits per heavy atom. The summed E-state index contributed by atoms with van der Waals surface area (Å²) in [6.45, 7) is 2.17. The zero-order valence-corrected chi connectivity index (χ0v) is 22.4. The van der Waals surface area contributed by atoms with Gasteiger partial charge in [-0.1, -0.05) is 42.5 Å². The van der Waals surface area contributed by atoms with Crippen molar-refractivity contribution in [2.45, 2.75) is 13.5 Å². The SMILES string of the molecule is CCOc1ccc(NC(=O)CN2C(=O)S/C(=C/c3c(OCc4ccc(F)cc4)ccc4ccccc34)C2=O)cc1. The predicted molar refractivity (Wildman–Crippen MR) is 154 cm³/mol. The lowest BCUT2D eigenvalue weighted by molar-refractivity contribution is -0.127. The molecule has 1 aliphatic rings. The maximum atomic E-state index is 13.3. The molecule has 9 heteroatoms. The van der Waals surface area contributed by atoms with Crippen molar-refractivity contribution in [1.82, 2.24) is 4.90 Å².